The molecular weight excluding hydrogens is 495 g/mol. The van der Waals surface area contributed by atoms with E-state index in [1.165, 1.54) is 25.3 Å². The van der Waals surface area contributed by atoms with Gasteiger partial charge in [-0.3, -0.25) is 19.5 Å². The fourth-order valence-corrected chi connectivity index (χ4v) is 4.19. The van der Waals surface area contributed by atoms with E-state index >= 15 is 0 Å². The first kappa shape index (κ1) is 27.1. The molecule has 3 aromatic rings. The van der Waals surface area contributed by atoms with Crippen molar-refractivity contribution in [2.24, 2.45) is 5.73 Å². The van der Waals surface area contributed by atoms with E-state index in [1.54, 1.807) is 31.3 Å². The number of esters is 1. The van der Waals surface area contributed by atoms with Crippen molar-refractivity contribution in [2.45, 2.75) is 31.9 Å². The summed E-state index contributed by atoms with van der Waals surface area (Å²) in [6, 6.07) is 8.67. The van der Waals surface area contributed by atoms with Gasteiger partial charge in [0.05, 0.1) is 19.2 Å². The van der Waals surface area contributed by atoms with Crippen LogP contribution in [-0.2, 0) is 14.3 Å². The van der Waals surface area contributed by atoms with E-state index in [2.05, 4.69) is 15.2 Å². The molecule has 1 aliphatic rings. The molecule has 0 saturated carbocycles. The van der Waals surface area contributed by atoms with Crippen LogP contribution in [-0.4, -0.2) is 67.8 Å². The number of ether oxygens (including phenoxy) is 4. The topological polar surface area (TPSA) is 125 Å². The molecule has 0 radical (unpaired) electrons. The maximum absolute atomic E-state index is 14.5. The van der Waals surface area contributed by atoms with Crippen molar-refractivity contribution >= 4 is 29.0 Å². The van der Waals surface area contributed by atoms with Crippen LogP contribution in [0.15, 0.2) is 42.6 Å². The highest BCUT2D eigenvalue weighted by Crippen LogP contribution is 2.37. The number of nitrogens with one attached hydrogen (secondary N) is 1. The SMILES string of the molecule is COc1cc2c(Oc3ccc(NC=O)cc3F)ccnc2cc1OCCCN1CCC(OC(=O)C(C)N)C1. The third-order valence-corrected chi connectivity index (χ3v) is 6.12. The highest BCUT2D eigenvalue weighted by Gasteiger charge is 2.26. The molecule has 0 aliphatic carbocycles. The minimum absolute atomic E-state index is 0.00435. The van der Waals surface area contributed by atoms with Gasteiger partial charge in [0.1, 0.15) is 17.9 Å². The molecular formula is C27H31FN4O6. The van der Waals surface area contributed by atoms with Gasteiger partial charge in [-0.1, -0.05) is 0 Å². The van der Waals surface area contributed by atoms with E-state index in [0.717, 1.165) is 25.9 Å². The average Bonchev–Trinajstić information content (AvgIpc) is 3.35. The van der Waals surface area contributed by atoms with Gasteiger partial charge < -0.3 is 30.0 Å². The molecule has 202 valence electrons. The Hall–Kier alpha value is -3.96. The molecule has 4 rings (SSSR count). The molecule has 2 unspecified atom stereocenters. The summed E-state index contributed by atoms with van der Waals surface area (Å²) in [4.78, 5) is 28.9. The van der Waals surface area contributed by atoms with Crippen LogP contribution in [0.1, 0.15) is 19.8 Å². The van der Waals surface area contributed by atoms with Crippen LogP contribution in [0.5, 0.6) is 23.0 Å². The number of amides is 1. The van der Waals surface area contributed by atoms with Gasteiger partial charge in [-0.2, -0.15) is 0 Å². The number of nitrogens with zero attached hydrogens (tertiary/aromatic N) is 2. The molecule has 3 N–H and O–H groups in total. The van der Waals surface area contributed by atoms with Crippen molar-refractivity contribution in [3.63, 3.8) is 0 Å². The maximum Gasteiger partial charge on any atom is 0.322 e. The summed E-state index contributed by atoms with van der Waals surface area (Å²) in [6.07, 6.45) is 3.47. The number of hydrogen-bond acceptors (Lipinski definition) is 9. The summed E-state index contributed by atoms with van der Waals surface area (Å²) in [5, 5.41) is 3.02. The quantitative estimate of drug-likeness (QED) is 0.207. The first-order chi connectivity index (χ1) is 18.4. The van der Waals surface area contributed by atoms with E-state index in [0.29, 0.717) is 53.4 Å². The molecule has 1 saturated heterocycles. The minimum atomic E-state index is -0.620. The molecule has 11 heteroatoms. The van der Waals surface area contributed by atoms with Crippen LogP contribution in [0, 0.1) is 5.82 Å². The number of halogens is 1. The number of aromatic nitrogens is 1. The summed E-state index contributed by atoms with van der Waals surface area (Å²) in [7, 11) is 1.54. The van der Waals surface area contributed by atoms with Crippen LogP contribution >= 0.6 is 0 Å². The Balaban J connectivity index is 1.37. The molecule has 0 spiro atoms. The summed E-state index contributed by atoms with van der Waals surface area (Å²) >= 11 is 0. The Morgan fingerprint density at radius 3 is 2.82 bits per heavy atom. The number of carbonyl (C=O) groups excluding carboxylic acids is 2. The lowest BCUT2D eigenvalue weighted by Crippen LogP contribution is -2.33. The molecule has 38 heavy (non-hydrogen) atoms. The second-order valence-corrected chi connectivity index (χ2v) is 8.98. The number of nitrogens with two attached hydrogens (primary N) is 1. The second-order valence-electron chi connectivity index (χ2n) is 8.98. The molecule has 10 nitrogen and oxygen atoms in total. The standard InChI is InChI=1S/C27H31FN4O6/c1-17(29)27(34)37-19-7-10-32(15-19)9-3-11-36-26-14-22-20(13-25(26)35-2)23(6-8-30-22)38-24-5-4-18(31-16-33)12-21(24)28/h4-6,8,12-14,16-17,19H,3,7,9-11,15,29H2,1-2H3,(H,31,33). The zero-order chi connectivity index (χ0) is 27.1. The number of pyridine rings is 1. The number of anilines is 1. The van der Waals surface area contributed by atoms with Gasteiger partial charge in [-0.05, 0) is 44.0 Å². The summed E-state index contributed by atoms with van der Waals surface area (Å²) in [6.45, 7) is 4.39. The number of hydrogen-bond donors (Lipinski definition) is 2. The van der Waals surface area contributed by atoms with Crippen LogP contribution in [0.2, 0.25) is 0 Å². The first-order valence-electron chi connectivity index (χ1n) is 12.3. The Bertz CT molecular complexity index is 1290. The Morgan fingerprint density at radius 2 is 2.08 bits per heavy atom. The Kier molecular flexibility index (Phi) is 8.93. The van der Waals surface area contributed by atoms with Crippen molar-refractivity contribution in [3.8, 4) is 23.0 Å². The average molecular weight is 527 g/mol. The summed E-state index contributed by atoms with van der Waals surface area (Å²) in [5.41, 5.74) is 6.49. The van der Waals surface area contributed by atoms with Crippen molar-refractivity contribution in [1.82, 2.24) is 9.88 Å². The number of methoxy groups -OCH3 is 1. The molecule has 2 aromatic carbocycles. The van der Waals surface area contributed by atoms with Gasteiger partial charge in [0.2, 0.25) is 6.41 Å². The zero-order valence-electron chi connectivity index (χ0n) is 21.3. The minimum Gasteiger partial charge on any atom is -0.493 e. The zero-order valence-corrected chi connectivity index (χ0v) is 21.3. The van der Waals surface area contributed by atoms with Crippen molar-refractivity contribution < 1.29 is 32.9 Å². The lowest BCUT2D eigenvalue weighted by atomic mass is 10.1. The maximum atomic E-state index is 14.5. The lowest BCUT2D eigenvalue weighted by Gasteiger charge is -2.17. The van der Waals surface area contributed by atoms with Crippen LogP contribution < -0.4 is 25.3 Å². The van der Waals surface area contributed by atoms with E-state index in [9.17, 15) is 14.0 Å². The van der Waals surface area contributed by atoms with Crippen molar-refractivity contribution in [3.05, 3.63) is 48.4 Å². The number of rotatable bonds is 12. The first-order valence-corrected chi connectivity index (χ1v) is 12.3. The third kappa shape index (κ3) is 6.67. The van der Waals surface area contributed by atoms with Gasteiger partial charge in [0.25, 0.3) is 0 Å². The number of fused-ring (bicyclic) bond motifs is 1. The van der Waals surface area contributed by atoms with Crippen LogP contribution in [0.25, 0.3) is 10.9 Å². The van der Waals surface area contributed by atoms with E-state index in [-0.39, 0.29) is 17.8 Å². The number of carbonyl (C=O) groups is 2. The fraction of sp³-hybridized carbons (Fsp3) is 0.370. The monoisotopic (exact) mass is 526 g/mol. The largest absolute Gasteiger partial charge is 0.493 e. The Labute approximate surface area is 219 Å². The van der Waals surface area contributed by atoms with Gasteiger partial charge in [0, 0.05) is 49.0 Å². The summed E-state index contributed by atoms with van der Waals surface area (Å²) < 4.78 is 37.3. The molecule has 0 bridgehead atoms. The van der Waals surface area contributed by atoms with Gasteiger partial charge in [-0.15, -0.1) is 0 Å². The molecule has 2 atom stereocenters. The summed E-state index contributed by atoms with van der Waals surface area (Å²) in [5.74, 6) is 0.425. The molecule has 2 heterocycles. The highest BCUT2D eigenvalue weighted by molar-refractivity contribution is 5.88. The third-order valence-electron chi connectivity index (χ3n) is 6.12. The fourth-order valence-electron chi connectivity index (χ4n) is 4.19. The van der Waals surface area contributed by atoms with E-state index in [1.807, 2.05) is 0 Å². The lowest BCUT2D eigenvalue weighted by molar-refractivity contribution is -0.149. The van der Waals surface area contributed by atoms with Gasteiger partial charge in [-0.25, -0.2) is 4.39 Å². The highest BCUT2D eigenvalue weighted by atomic mass is 19.1. The number of likely N-dealkylation sites (tertiary alicyclic amines) is 1. The molecule has 1 amide bonds. The van der Waals surface area contributed by atoms with Crippen LogP contribution in [0.4, 0.5) is 10.1 Å². The number of benzene rings is 2. The van der Waals surface area contributed by atoms with Crippen molar-refractivity contribution in [2.75, 3.05) is 38.7 Å². The van der Waals surface area contributed by atoms with Gasteiger partial charge >= 0.3 is 5.97 Å². The Morgan fingerprint density at radius 1 is 1.24 bits per heavy atom. The van der Waals surface area contributed by atoms with Gasteiger partial charge in [0.15, 0.2) is 23.1 Å². The van der Waals surface area contributed by atoms with E-state index in [4.69, 9.17) is 24.7 Å². The normalized spacial score (nSPS) is 16.2. The molecule has 1 aromatic heterocycles. The van der Waals surface area contributed by atoms with Crippen molar-refractivity contribution in [1.29, 1.82) is 0 Å². The second kappa shape index (κ2) is 12.5. The van der Waals surface area contributed by atoms with E-state index < -0.39 is 11.9 Å². The molecule has 1 aliphatic heterocycles. The van der Waals surface area contributed by atoms with Crippen LogP contribution in [0.3, 0.4) is 0 Å². The molecule has 1 fully saturated rings. The predicted octanol–water partition coefficient (Wildman–Crippen LogP) is 3.48. The predicted molar refractivity (Wildman–Crippen MR) is 139 cm³/mol. The smallest absolute Gasteiger partial charge is 0.322 e.